The van der Waals surface area contributed by atoms with E-state index in [0.29, 0.717) is 0 Å². The summed E-state index contributed by atoms with van der Waals surface area (Å²) in [7, 11) is 0. The first kappa shape index (κ1) is 15.2. The van der Waals surface area contributed by atoms with Gasteiger partial charge in [-0.1, -0.05) is 30.3 Å². The minimum Gasteiger partial charge on any atom is -0.391 e. The molecule has 2 atom stereocenters. The molecule has 110 valence electrons. The van der Waals surface area contributed by atoms with Crippen LogP contribution in [0.2, 0.25) is 0 Å². The van der Waals surface area contributed by atoms with E-state index in [9.17, 15) is 18.7 Å². The van der Waals surface area contributed by atoms with E-state index in [0.717, 1.165) is 10.5 Å². The average Bonchev–Trinajstić information content (AvgIpc) is 2.70. The molecule has 0 unspecified atom stereocenters. The molecule has 1 aromatic rings. The van der Waals surface area contributed by atoms with Gasteiger partial charge in [-0.05, 0) is 12.0 Å². The van der Waals surface area contributed by atoms with E-state index in [1.807, 2.05) is 0 Å². The predicted octanol–water partition coefficient (Wildman–Crippen LogP) is 2.41. The number of carbonyl (C=O) groups is 1. The zero-order valence-corrected chi connectivity index (χ0v) is 11.6. The molecule has 1 N–H and O–H groups in total. The summed E-state index contributed by atoms with van der Waals surface area (Å²) in [5.74, 6) is -4.07. The van der Waals surface area contributed by atoms with E-state index in [1.165, 1.54) is 0 Å². The molecule has 1 aromatic carbocycles. The number of benzene rings is 1. The summed E-state index contributed by atoms with van der Waals surface area (Å²) in [6, 6.07) is 7.32. The maximum atomic E-state index is 13.9. The van der Waals surface area contributed by atoms with Crippen molar-refractivity contribution in [2.24, 2.45) is 0 Å². The number of rotatable bonds is 4. The summed E-state index contributed by atoms with van der Waals surface area (Å²) in [4.78, 5) is 12.9. The van der Waals surface area contributed by atoms with E-state index in [1.54, 1.807) is 30.3 Å². The van der Waals surface area contributed by atoms with Crippen molar-refractivity contribution in [2.75, 3.05) is 5.88 Å². The third kappa shape index (κ3) is 3.10. The van der Waals surface area contributed by atoms with Crippen LogP contribution in [0.1, 0.15) is 18.4 Å². The number of carbonyl (C=O) groups excluding carboxylic acids is 1. The number of hydrogen-bond acceptors (Lipinski definition) is 2. The van der Waals surface area contributed by atoms with Crippen molar-refractivity contribution in [2.45, 2.75) is 37.5 Å². The summed E-state index contributed by atoms with van der Waals surface area (Å²) in [5, 5.41) is 9.80. The Morgan fingerprint density at radius 2 is 2.05 bits per heavy atom. The zero-order valence-electron chi connectivity index (χ0n) is 10.8. The number of hydrogen-bond donors (Lipinski definition) is 1. The number of alkyl halides is 3. The smallest absolute Gasteiger partial charge is 0.270 e. The Bertz CT molecular complexity index is 470. The second kappa shape index (κ2) is 6.06. The van der Waals surface area contributed by atoms with Gasteiger partial charge >= 0.3 is 0 Å². The fraction of sp³-hybridized carbons (Fsp3) is 0.500. The summed E-state index contributed by atoms with van der Waals surface area (Å²) in [5.41, 5.74) is 0.723. The Morgan fingerprint density at radius 1 is 1.40 bits per heavy atom. The van der Waals surface area contributed by atoms with Crippen molar-refractivity contribution in [1.82, 2.24) is 4.90 Å². The van der Waals surface area contributed by atoms with E-state index in [-0.39, 0.29) is 18.8 Å². The number of halogens is 3. The largest absolute Gasteiger partial charge is 0.391 e. The van der Waals surface area contributed by atoms with Gasteiger partial charge in [0, 0.05) is 13.0 Å². The molecule has 1 fully saturated rings. The molecular weight excluding hydrogens is 288 g/mol. The number of aliphatic hydroxyl groups excluding tert-OH is 1. The van der Waals surface area contributed by atoms with Crippen molar-refractivity contribution in [3.63, 3.8) is 0 Å². The van der Waals surface area contributed by atoms with Crippen LogP contribution < -0.4 is 0 Å². The number of aliphatic hydroxyl groups is 1. The molecule has 1 saturated carbocycles. The van der Waals surface area contributed by atoms with Gasteiger partial charge in [-0.15, -0.1) is 11.6 Å². The maximum Gasteiger partial charge on any atom is 0.270 e. The van der Waals surface area contributed by atoms with Crippen molar-refractivity contribution >= 4 is 17.5 Å². The van der Waals surface area contributed by atoms with E-state index in [2.05, 4.69) is 0 Å². The Hall–Kier alpha value is -1.20. The molecule has 0 spiro atoms. The fourth-order valence-electron chi connectivity index (χ4n) is 2.56. The van der Waals surface area contributed by atoms with Gasteiger partial charge in [0.05, 0.1) is 6.10 Å². The number of amides is 1. The van der Waals surface area contributed by atoms with Gasteiger partial charge in [-0.25, -0.2) is 8.78 Å². The molecular formula is C14H16ClF2NO2. The maximum absolute atomic E-state index is 13.9. The highest BCUT2D eigenvalue weighted by Crippen LogP contribution is 2.39. The summed E-state index contributed by atoms with van der Waals surface area (Å²) in [6.07, 6.45) is -1.65. The van der Waals surface area contributed by atoms with Crippen molar-refractivity contribution in [3.05, 3.63) is 35.9 Å². The molecule has 0 saturated heterocycles. The first-order valence-corrected chi connectivity index (χ1v) is 6.94. The van der Waals surface area contributed by atoms with Crippen LogP contribution in [0.5, 0.6) is 0 Å². The van der Waals surface area contributed by atoms with Crippen LogP contribution in [0.3, 0.4) is 0 Å². The van der Waals surface area contributed by atoms with Crippen molar-refractivity contribution < 1.29 is 18.7 Å². The highest BCUT2D eigenvalue weighted by atomic mass is 35.5. The fourth-order valence-corrected chi connectivity index (χ4v) is 2.72. The summed E-state index contributed by atoms with van der Waals surface area (Å²) in [6.45, 7) is 0.0176. The van der Waals surface area contributed by atoms with E-state index >= 15 is 0 Å². The minimum absolute atomic E-state index is 0.0154. The van der Waals surface area contributed by atoms with Crippen LogP contribution in [-0.4, -0.2) is 39.9 Å². The highest BCUT2D eigenvalue weighted by Gasteiger charge is 2.53. The monoisotopic (exact) mass is 303 g/mol. The van der Waals surface area contributed by atoms with Crippen LogP contribution in [-0.2, 0) is 11.3 Å². The SMILES string of the molecule is O=C(CCl)N(Cc1ccccc1)[C@H]1[C@H](O)CCC1(F)F. The molecule has 2 rings (SSSR count). The van der Waals surface area contributed by atoms with Gasteiger partial charge in [-0.2, -0.15) is 0 Å². The standard InChI is InChI=1S/C14H16ClF2NO2/c15-8-12(20)18(9-10-4-2-1-3-5-10)13-11(19)6-7-14(13,16)17/h1-5,11,13,19H,6-9H2/t11-,13+/m1/s1. The Morgan fingerprint density at radius 3 is 2.55 bits per heavy atom. The predicted molar refractivity (Wildman–Crippen MR) is 71.7 cm³/mol. The quantitative estimate of drug-likeness (QED) is 0.868. The summed E-state index contributed by atoms with van der Waals surface area (Å²) < 4.78 is 27.8. The third-order valence-corrected chi connectivity index (χ3v) is 3.77. The zero-order chi connectivity index (χ0) is 14.8. The number of nitrogens with zero attached hydrogens (tertiary/aromatic N) is 1. The second-order valence-corrected chi connectivity index (χ2v) is 5.22. The molecule has 0 aliphatic heterocycles. The van der Waals surface area contributed by atoms with Gasteiger partial charge in [-0.3, -0.25) is 4.79 Å². The van der Waals surface area contributed by atoms with Crippen LogP contribution in [0.25, 0.3) is 0 Å². The Balaban J connectivity index is 2.26. The molecule has 20 heavy (non-hydrogen) atoms. The molecule has 1 aliphatic rings. The normalized spacial score (nSPS) is 24.6. The molecule has 1 aliphatic carbocycles. The van der Waals surface area contributed by atoms with Gasteiger partial charge < -0.3 is 10.0 Å². The van der Waals surface area contributed by atoms with Crippen LogP contribution in [0.15, 0.2) is 30.3 Å². The van der Waals surface area contributed by atoms with Crippen molar-refractivity contribution in [1.29, 1.82) is 0 Å². The van der Waals surface area contributed by atoms with E-state index < -0.39 is 30.4 Å². The second-order valence-electron chi connectivity index (χ2n) is 4.95. The molecule has 0 aromatic heterocycles. The molecule has 0 bridgehead atoms. The lowest BCUT2D eigenvalue weighted by Crippen LogP contribution is -2.52. The van der Waals surface area contributed by atoms with Crippen molar-refractivity contribution in [3.8, 4) is 0 Å². The van der Waals surface area contributed by atoms with Gasteiger partial charge in [0.1, 0.15) is 11.9 Å². The molecule has 3 nitrogen and oxygen atoms in total. The van der Waals surface area contributed by atoms with Crippen LogP contribution >= 0.6 is 11.6 Å². The van der Waals surface area contributed by atoms with Gasteiger partial charge in [0.15, 0.2) is 0 Å². The Kier molecular flexibility index (Phi) is 4.60. The highest BCUT2D eigenvalue weighted by molar-refractivity contribution is 6.27. The van der Waals surface area contributed by atoms with E-state index in [4.69, 9.17) is 11.6 Å². The first-order chi connectivity index (χ1) is 9.45. The molecule has 1 amide bonds. The topological polar surface area (TPSA) is 40.5 Å². The molecule has 0 radical (unpaired) electrons. The Labute approximate surface area is 121 Å². The van der Waals surface area contributed by atoms with Gasteiger partial charge in [0.2, 0.25) is 5.91 Å². The lowest BCUT2D eigenvalue weighted by Gasteiger charge is -2.34. The third-order valence-electron chi connectivity index (χ3n) is 3.54. The van der Waals surface area contributed by atoms with Crippen LogP contribution in [0.4, 0.5) is 8.78 Å². The minimum atomic E-state index is -3.09. The summed E-state index contributed by atoms with van der Waals surface area (Å²) >= 11 is 5.51. The lowest BCUT2D eigenvalue weighted by atomic mass is 10.1. The molecule has 6 heteroatoms. The van der Waals surface area contributed by atoms with Gasteiger partial charge in [0.25, 0.3) is 5.92 Å². The first-order valence-electron chi connectivity index (χ1n) is 6.41. The average molecular weight is 304 g/mol. The molecule has 0 heterocycles. The van der Waals surface area contributed by atoms with Crippen LogP contribution in [0, 0.1) is 0 Å². The lowest BCUT2D eigenvalue weighted by molar-refractivity contribution is -0.146.